The van der Waals surface area contributed by atoms with Gasteiger partial charge in [0.05, 0.1) is 22.4 Å². The molecular weight excluding hydrogens is 496 g/mol. The van der Waals surface area contributed by atoms with Gasteiger partial charge in [-0.25, -0.2) is 4.98 Å². The number of benzene rings is 2. The molecule has 1 fully saturated rings. The first-order valence-corrected chi connectivity index (χ1v) is 12.6. The van der Waals surface area contributed by atoms with Gasteiger partial charge in [-0.2, -0.15) is 0 Å². The number of thiazole rings is 1. The second-order valence-electron chi connectivity index (χ2n) is 8.53. The standard InChI is InChI=1S/C27H22N2O7S/c1-3-33-16-6-7-17-21(13-16)37-27(28-17)29-23(19-8-4-14(2)36-19)22(25(31)26(29)32)24(30)15-5-9-18-20(12-15)35-11-10-34-18/h4-9,12-13,23,30H,3,10-11H2,1-2H3/b24-22+. The summed E-state index contributed by atoms with van der Waals surface area (Å²) in [4.78, 5) is 32.7. The van der Waals surface area contributed by atoms with E-state index in [1.165, 1.54) is 16.2 Å². The number of amides is 1. The highest BCUT2D eigenvalue weighted by Gasteiger charge is 2.49. The first-order valence-electron chi connectivity index (χ1n) is 11.8. The third kappa shape index (κ3) is 3.89. The minimum Gasteiger partial charge on any atom is -0.507 e. The van der Waals surface area contributed by atoms with Crippen molar-refractivity contribution in [3.05, 3.63) is 71.2 Å². The fourth-order valence-corrected chi connectivity index (χ4v) is 5.52. The summed E-state index contributed by atoms with van der Waals surface area (Å²) in [5, 5.41) is 11.7. The van der Waals surface area contributed by atoms with E-state index in [0.717, 1.165) is 4.70 Å². The van der Waals surface area contributed by atoms with Gasteiger partial charge < -0.3 is 23.7 Å². The molecule has 4 aromatic rings. The summed E-state index contributed by atoms with van der Waals surface area (Å²) >= 11 is 1.25. The maximum absolute atomic E-state index is 13.4. The van der Waals surface area contributed by atoms with Crippen molar-refractivity contribution in [1.82, 2.24) is 4.98 Å². The maximum Gasteiger partial charge on any atom is 0.302 e. The number of aliphatic hydroxyl groups excluding tert-OH is 1. The molecule has 2 aromatic carbocycles. The average molecular weight is 519 g/mol. The van der Waals surface area contributed by atoms with Crippen molar-refractivity contribution < 1.29 is 33.3 Å². The lowest BCUT2D eigenvalue weighted by Gasteiger charge is -2.21. The Hall–Kier alpha value is -4.31. The summed E-state index contributed by atoms with van der Waals surface area (Å²) in [6.07, 6.45) is 0. The number of hydrogen-bond donors (Lipinski definition) is 1. The van der Waals surface area contributed by atoms with E-state index in [9.17, 15) is 14.7 Å². The second-order valence-corrected chi connectivity index (χ2v) is 9.54. The molecule has 0 radical (unpaired) electrons. The highest BCUT2D eigenvalue weighted by molar-refractivity contribution is 7.22. The van der Waals surface area contributed by atoms with Crippen LogP contribution in [0, 0.1) is 6.92 Å². The van der Waals surface area contributed by atoms with E-state index in [1.807, 2.05) is 13.0 Å². The van der Waals surface area contributed by atoms with E-state index in [2.05, 4.69) is 4.98 Å². The molecule has 6 rings (SSSR count). The number of aromatic nitrogens is 1. The number of ether oxygens (including phenoxy) is 3. The lowest BCUT2D eigenvalue weighted by molar-refractivity contribution is -0.132. The number of nitrogens with zero attached hydrogens (tertiary/aromatic N) is 2. The zero-order valence-corrected chi connectivity index (χ0v) is 20.8. The molecule has 1 saturated heterocycles. The smallest absolute Gasteiger partial charge is 0.302 e. The fraction of sp³-hybridized carbons (Fsp3) is 0.222. The molecule has 0 bridgehead atoms. The number of anilines is 1. The lowest BCUT2D eigenvalue weighted by atomic mass is 9.99. The summed E-state index contributed by atoms with van der Waals surface area (Å²) in [5.74, 6) is 0.646. The van der Waals surface area contributed by atoms with Gasteiger partial charge in [-0.15, -0.1) is 0 Å². The number of carbonyl (C=O) groups is 2. The summed E-state index contributed by atoms with van der Waals surface area (Å²) in [6.45, 7) is 4.98. The molecule has 1 atom stereocenters. The van der Waals surface area contributed by atoms with Crippen LogP contribution in [0.3, 0.4) is 0 Å². The molecule has 0 saturated carbocycles. The van der Waals surface area contributed by atoms with Crippen LogP contribution in [-0.4, -0.2) is 41.6 Å². The number of furan rings is 1. The second kappa shape index (κ2) is 8.97. The number of rotatable bonds is 5. The minimum absolute atomic E-state index is 0.0923. The first kappa shape index (κ1) is 23.1. The molecular formula is C27H22N2O7S. The Balaban J connectivity index is 1.50. The molecule has 4 heterocycles. The molecule has 2 aliphatic rings. The van der Waals surface area contributed by atoms with Crippen LogP contribution in [0.5, 0.6) is 17.2 Å². The molecule has 1 amide bonds. The molecule has 10 heteroatoms. The molecule has 0 aliphatic carbocycles. The van der Waals surface area contributed by atoms with Crippen molar-refractivity contribution in [2.45, 2.75) is 19.9 Å². The van der Waals surface area contributed by atoms with Crippen LogP contribution in [0.4, 0.5) is 5.13 Å². The number of hydrogen-bond acceptors (Lipinski definition) is 9. The highest BCUT2D eigenvalue weighted by atomic mass is 32.1. The third-order valence-electron chi connectivity index (χ3n) is 6.16. The summed E-state index contributed by atoms with van der Waals surface area (Å²) in [6, 6.07) is 12.8. The Bertz CT molecular complexity index is 1580. The summed E-state index contributed by atoms with van der Waals surface area (Å²) in [5.41, 5.74) is 0.887. The fourth-order valence-electron chi connectivity index (χ4n) is 4.50. The van der Waals surface area contributed by atoms with E-state index in [4.69, 9.17) is 18.6 Å². The zero-order valence-electron chi connectivity index (χ0n) is 20.0. The lowest BCUT2D eigenvalue weighted by Crippen LogP contribution is -2.29. The van der Waals surface area contributed by atoms with Gasteiger partial charge >= 0.3 is 5.91 Å². The van der Waals surface area contributed by atoms with Crippen LogP contribution in [0.1, 0.15) is 30.0 Å². The van der Waals surface area contributed by atoms with Gasteiger partial charge in [0.15, 0.2) is 16.6 Å². The Morgan fingerprint density at radius 1 is 1.11 bits per heavy atom. The van der Waals surface area contributed by atoms with Gasteiger partial charge in [0.2, 0.25) is 0 Å². The number of Topliss-reactive ketones (excluding diaryl/α,β-unsaturated/α-hetero) is 1. The predicted octanol–water partition coefficient (Wildman–Crippen LogP) is 4.99. The van der Waals surface area contributed by atoms with E-state index in [1.54, 1.807) is 49.4 Å². The highest BCUT2D eigenvalue weighted by Crippen LogP contribution is 2.45. The topological polar surface area (TPSA) is 111 Å². The molecule has 1 unspecified atom stereocenters. The quantitative estimate of drug-likeness (QED) is 0.223. The van der Waals surface area contributed by atoms with Crippen LogP contribution >= 0.6 is 11.3 Å². The predicted molar refractivity (Wildman–Crippen MR) is 136 cm³/mol. The van der Waals surface area contributed by atoms with Crippen LogP contribution in [0.15, 0.2) is 58.5 Å². The molecule has 2 aliphatic heterocycles. The monoisotopic (exact) mass is 518 g/mol. The Labute approximate surface area is 215 Å². The van der Waals surface area contributed by atoms with Crippen molar-refractivity contribution in [1.29, 1.82) is 0 Å². The van der Waals surface area contributed by atoms with Gasteiger partial charge in [-0.1, -0.05) is 11.3 Å². The van der Waals surface area contributed by atoms with Crippen molar-refractivity contribution in [3.63, 3.8) is 0 Å². The van der Waals surface area contributed by atoms with Crippen LogP contribution < -0.4 is 19.1 Å². The number of ketones is 1. The van der Waals surface area contributed by atoms with Gasteiger partial charge in [-0.05, 0) is 62.4 Å². The van der Waals surface area contributed by atoms with Crippen LogP contribution in [0.2, 0.25) is 0 Å². The van der Waals surface area contributed by atoms with E-state index >= 15 is 0 Å². The average Bonchev–Trinajstić information content (AvgIpc) is 3.59. The van der Waals surface area contributed by atoms with E-state index in [0.29, 0.717) is 64.8 Å². The Morgan fingerprint density at radius 3 is 2.68 bits per heavy atom. The van der Waals surface area contributed by atoms with Crippen LogP contribution in [0.25, 0.3) is 16.0 Å². The van der Waals surface area contributed by atoms with Crippen molar-refractivity contribution in [2.75, 3.05) is 24.7 Å². The molecule has 1 N–H and O–H groups in total. The Morgan fingerprint density at radius 2 is 1.92 bits per heavy atom. The van der Waals surface area contributed by atoms with E-state index in [-0.39, 0.29) is 11.3 Å². The normalized spacial score (nSPS) is 18.5. The van der Waals surface area contributed by atoms with Gasteiger partial charge in [0.1, 0.15) is 42.3 Å². The van der Waals surface area contributed by atoms with Gasteiger partial charge in [0.25, 0.3) is 5.78 Å². The van der Waals surface area contributed by atoms with Crippen molar-refractivity contribution >= 4 is 44.1 Å². The van der Waals surface area contributed by atoms with Gasteiger partial charge in [-0.3, -0.25) is 14.5 Å². The minimum atomic E-state index is -1.01. The van der Waals surface area contributed by atoms with E-state index < -0.39 is 17.7 Å². The SMILES string of the molecule is CCOc1ccc2nc(N3C(=O)C(=O)/C(=C(/O)c4ccc5c(c4)OCCO5)C3c3ccc(C)o3)sc2c1. The molecule has 0 spiro atoms. The largest absolute Gasteiger partial charge is 0.507 e. The number of carbonyl (C=O) groups excluding carboxylic acids is 2. The molecule has 37 heavy (non-hydrogen) atoms. The maximum atomic E-state index is 13.4. The first-order chi connectivity index (χ1) is 17.9. The molecule has 188 valence electrons. The van der Waals surface area contributed by atoms with Crippen LogP contribution in [-0.2, 0) is 9.59 Å². The molecule has 9 nitrogen and oxygen atoms in total. The molecule has 2 aromatic heterocycles. The third-order valence-corrected chi connectivity index (χ3v) is 7.17. The Kier molecular flexibility index (Phi) is 5.60. The summed E-state index contributed by atoms with van der Waals surface area (Å²) in [7, 11) is 0. The zero-order chi connectivity index (χ0) is 25.7. The van der Waals surface area contributed by atoms with Gasteiger partial charge in [0, 0.05) is 5.56 Å². The number of aliphatic hydroxyl groups is 1. The van der Waals surface area contributed by atoms with Crippen molar-refractivity contribution in [2.24, 2.45) is 0 Å². The number of aryl methyl sites for hydroxylation is 1. The summed E-state index contributed by atoms with van der Waals surface area (Å²) < 4.78 is 23.4. The number of fused-ring (bicyclic) bond motifs is 2. The van der Waals surface area contributed by atoms with Crippen molar-refractivity contribution in [3.8, 4) is 17.2 Å².